The standard InChI is InChI=1S/C9H14N6O3/c1-11-9-13-5-6(15(17)18)8(14-9)12-4-2-3-7(10)16/h5H,2-4H2,1H3,(H2,10,16)(H2,11,12,13,14). The van der Waals surface area contributed by atoms with E-state index in [2.05, 4.69) is 20.6 Å². The molecule has 0 radical (unpaired) electrons. The van der Waals surface area contributed by atoms with Crippen molar-refractivity contribution in [3.8, 4) is 0 Å². The number of nitrogens with two attached hydrogens (primary N) is 1. The van der Waals surface area contributed by atoms with Crippen molar-refractivity contribution >= 4 is 23.4 Å². The maximum atomic E-state index is 10.8. The third-order valence-electron chi connectivity index (χ3n) is 2.08. The van der Waals surface area contributed by atoms with Gasteiger partial charge in [0.2, 0.25) is 17.7 Å². The molecular weight excluding hydrogens is 240 g/mol. The number of aromatic nitrogens is 2. The molecule has 1 heterocycles. The third kappa shape index (κ3) is 3.85. The number of primary amides is 1. The summed E-state index contributed by atoms with van der Waals surface area (Å²) in [4.78, 5) is 28.4. The molecule has 9 nitrogen and oxygen atoms in total. The minimum atomic E-state index is -0.574. The fraction of sp³-hybridized carbons (Fsp3) is 0.444. The number of nitrogens with one attached hydrogen (secondary N) is 2. The van der Waals surface area contributed by atoms with Crippen LogP contribution in [0.1, 0.15) is 12.8 Å². The number of rotatable bonds is 7. The molecule has 98 valence electrons. The van der Waals surface area contributed by atoms with Gasteiger partial charge in [0, 0.05) is 20.0 Å². The van der Waals surface area contributed by atoms with Gasteiger partial charge in [-0.1, -0.05) is 0 Å². The summed E-state index contributed by atoms with van der Waals surface area (Å²) in [5.74, 6) is -0.0216. The topological polar surface area (TPSA) is 136 Å². The van der Waals surface area contributed by atoms with E-state index in [1.807, 2.05) is 0 Å². The van der Waals surface area contributed by atoms with Crippen molar-refractivity contribution in [2.45, 2.75) is 12.8 Å². The van der Waals surface area contributed by atoms with Crippen LogP contribution in [0.5, 0.6) is 0 Å². The first-order valence-electron chi connectivity index (χ1n) is 5.26. The predicted octanol–water partition coefficient (Wildman–Crippen LogP) is 0.104. The van der Waals surface area contributed by atoms with Gasteiger partial charge in [-0.2, -0.15) is 4.98 Å². The minimum Gasteiger partial charge on any atom is -0.370 e. The Morgan fingerprint density at radius 3 is 2.89 bits per heavy atom. The summed E-state index contributed by atoms with van der Waals surface area (Å²) < 4.78 is 0. The van der Waals surface area contributed by atoms with E-state index in [4.69, 9.17) is 5.73 Å². The van der Waals surface area contributed by atoms with Crippen molar-refractivity contribution in [3.05, 3.63) is 16.3 Å². The second-order valence-electron chi connectivity index (χ2n) is 3.43. The first-order valence-corrected chi connectivity index (χ1v) is 5.26. The highest BCUT2D eigenvalue weighted by molar-refractivity contribution is 5.73. The molecule has 4 N–H and O–H groups in total. The van der Waals surface area contributed by atoms with Crippen LogP contribution in [0.25, 0.3) is 0 Å². The van der Waals surface area contributed by atoms with Crippen molar-refractivity contribution in [2.24, 2.45) is 5.73 Å². The molecule has 0 unspecified atom stereocenters. The highest BCUT2D eigenvalue weighted by Gasteiger charge is 2.16. The molecule has 0 aromatic carbocycles. The first-order chi connectivity index (χ1) is 8.54. The fourth-order valence-electron chi connectivity index (χ4n) is 1.23. The molecule has 1 amide bonds. The summed E-state index contributed by atoms with van der Waals surface area (Å²) in [7, 11) is 1.61. The lowest BCUT2D eigenvalue weighted by molar-refractivity contribution is -0.384. The number of carbonyl (C=O) groups excluding carboxylic acids is 1. The molecule has 0 saturated heterocycles. The zero-order valence-corrected chi connectivity index (χ0v) is 9.84. The van der Waals surface area contributed by atoms with Crippen molar-refractivity contribution < 1.29 is 9.72 Å². The lowest BCUT2D eigenvalue weighted by Crippen LogP contribution is -2.14. The molecule has 0 spiro atoms. The van der Waals surface area contributed by atoms with Crippen LogP contribution in [0, 0.1) is 10.1 Å². The fourth-order valence-corrected chi connectivity index (χ4v) is 1.23. The van der Waals surface area contributed by atoms with Crippen LogP contribution in [-0.4, -0.2) is 34.4 Å². The Morgan fingerprint density at radius 2 is 2.33 bits per heavy atom. The van der Waals surface area contributed by atoms with Crippen molar-refractivity contribution in [2.75, 3.05) is 24.2 Å². The van der Waals surface area contributed by atoms with Gasteiger partial charge in [-0.05, 0) is 6.42 Å². The molecule has 0 atom stereocenters. The molecule has 0 aliphatic carbocycles. The number of amides is 1. The Labute approximate surface area is 103 Å². The average Bonchev–Trinajstić information content (AvgIpc) is 2.33. The SMILES string of the molecule is CNc1ncc([N+](=O)[O-])c(NCCCC(N)=O)n1. The molecule has 0 saturated carbocycles. The zero-order chi connectivity index (χ0) is 13.5. The number of nitrogens with zero attached hydrogens (tertiary/aromatic N) is 3. The van der Waals surface area contributed by atoms with E-state index < -0.39 is 10.8 Å². The van der Waals surface area contributed by atoms with Gasteiger partial charge in [0.15, 0.2) is 0 Å². The lowest BCUT2D eigenvalue weighted by atomic mass is 10.3. The maximum absolute atomic E-state index is 10.8. The lowest BCUT2D eigenvalue weighted by Gasteiger charge is -2.06. The van der Waals surface area contributed by atoms with Gasteiger partial charge in [-0.25, -0.2) is 4.98 Å². The van der Waals surface area contributed by atoms with E-state index in [0.29, 0.717) is 13.0 Å². The molecule has 0 aliphatic heterocycles. The van der Waals surface area contributed by atoms with Crippen molar-refractivity contribution in [1.29, 1.82) is 0 Å². The summed E-state index contributed by atoms with van der Waals surface area (Å²) in [5, 5.41) is 16.2. The smallest absolute Gasteiger partial charge is 0.329 e. The van der Waals surface area contributed by atoms with E-state index in [9.17, 15) is 14.9 Å². The second kappa shape index (κ2) is 6.33. The van der Waals surface area contributed by atoms with Gasteiger partial charge in [0.05, 0.1) is 4.92 Å². The summed E-state index contributed by atoms with van der Waals surface area (Å²) in [5.41, 5.74) is 4.77. The number of hydrogen-bond donors (Lipinski definition) is 3. The maximum Gasteiger partial charge on any atom is 0.329 e. The Hall–Kier alpha value is -2.45. The van der Waals surface area contributed by atoms with Crippen LogP contribution in [0.3, 0.4) is 0 Å². The molecule has 1 aromatic heterocycles. The number of nitro groups is 1. The van der Waals surface area contributed by atoms with Gasteiger partial charge >= 0.3 is 5.69 Å². The van der Waals surface area contributed by atoms with E-state index >= 15 is 0 Å². The Morgan fingerprint density at radius 1 is 1.61 bits per heavy atom. The Kier molecular flexibility index (Phi) is 4.78. The van der Waals surface area contributed by atoms with Crippen LogP contribution >= 0.6 is 0 Å². The Balaban J connectivity index is 2.71. The summed E-state index contributed by atoms with van der Waals surface area (Å²) >= 11 is 0. The van der Waals surface area contributed by atoms with E-state index in [1.165, 1.54) is 0 Å². The van der Waals surface area contributed by atoms with Gasteiger partial charge in [0.25, 0.3) is 0 Å². The van der Waals surface area contributed by atoms with Crippen LogP contribution in [0.4, 0.5) is 17.5 Å². The summed E-state index contributed by atoms with van der Waals surface area (Å²) in [6, 6.07) is 0. The van der Waals surface area contributed by atoms with Crippen LogP contribution in [-0.2, 0) is 4.79 Å². The minimum absolute atomic E-state index is 0.115. The van der Waals surface area contributed by atoms with Gasteiger partial charge in [-0.3, -0.25) is 14.9 Å². The second-order valence-corrected chi connectivity index (χ2v) is 3.43. The third-order valence-corrected chi connectivity index (χ3v) is 2.08. The number of hydrogen-bond acceptors (Lipinski definition) is 7. The van der Waals surface area contributed by atoms with Crippen molar-refractivity contribution in [3.63, 3.8) is 0 Å². The first kappa shape index (κ1) is 13.6. The van der Waals surface area contributed by atoms with Gasteiger partial charge in [-0.15, -0.1) is 0 Å². The molecule has 0 bridgehead atoms. The predicted molar refractivity (Wildman–Crippen MR) is 65.2 cm³/mol. The highest BCUT2D eigenvalue weighted by atomic mass is 16.6. The molecular formula is C9H14N6O3. The van der Waals surface area contributed by atoms with E-state index in [-0.39, 0.29) is 23.9 Å². The molecule has 1 rings (SSSR count). The normalized spacial score (nSPS) is 9.83. The highest BCUT2D eigenvalue weighted by Crippen LogP contribution is 2.21. The van der Waals surface area contributed by atoms with E-state index in [1.54, 1.807) is 7.05 Å². The largest absolute Gasteiger partial charge is 0.370 e. The van der Waals surface area contributed by atoms with Gasteiger partial charge < -0.3 is 16.4 Å². The average molecular weight is 254 g/mol. The molecule has 0 fully saturated rings. The van der Waals surface area contributed by atoms with Crippen LogP contribution in [0.15, 0.2) is 6.20 Å². The molecule has 18 heavy (non-hydrogen) atoms. The van der Waals surface area contributed by atoms with E-state index in [0.717, 1.165) is 6.20 Å². The molecule has 9 heteroatoms. The zero-order valence-electron chi connectivity index (χ0n) is 9.84. The Bertz CT molecular complexity index is 450. The number of carbonyl (C=O) groups is 1. The summed E-state index contributed by atoms with van der Waals surface area (Å²) in [6.07, 6.45) is 1.81. The molecule has 1 aromatic rings. The van der Waals surface area contributed by atoms with Crippen molar-refractivity contribution in [1.82, 2.24) is 9.97 Å². The quantitative estimate of drug-likeness (QED) is 0.356. The van der Waals surface area contributed by atoms with Gasteiger partial charge in [0.1, 0.15) is 6.20 Å². The summed E-state index contributed by atoms with van der Waals surface area (Å²) in [6.45, 7) is 0.365. The van der Waals surface area contributed by atoms with Crippen LogP contribution < -0.4 is 16.4 Å². The molecule has 0 aliphatic rings. The monoisotopic (exact) mass is 254 g/mol. The number of anilines is 2. The van der Waals surface area contributed by atoms with Crippen LogP contribution in [0.2, 0.25) is 0 Å².